The van der Waals surface area contributed by atoms with Crippen LogP contribution < -0.4 is 0 Å². The average Bonchev–Trinajstić information content (AvgIpc) is 3.23. The number of carbonyl (C=O) groups is 1. The van der Waals surface area contributed by atoms with Crippen molar-refractivity contribution < 1.29 is 19.0 Å². The number of hydrogen-bond donors (Lipinski definition) is 0. The van der Waals surface area contributed by atoms with E-state index in [2.05, 4.69) is 4.98 Å². The largest absolute Gasteiger partial charge is 0.444 e. The normalized spacial score (nSPS) is 20.2. The summed E-state index contributed by atoms with van der Waals surface area (Å²) < 4.78 is 17.9. The highest BCUT2D eigenvalue weighted by Crippen LogP contribution is 2.38. The first-order valence-electron chi connectivity index (χ1n) is 9.38. The third-order valence-electron chi connectivity index (χ3n) is 4.43. The number of thiazole rings is 1. The quantitative estimate of drug-likeness (QED) is 0.718. The Labute approximate surface area is 170 Å². The van der Waals surface area contributed by atoms with Crippen molar-refractivity contribution in [1.82, 2.24) is 9.88 Å². The van der Waals surface area contributed by atoms with Gasteiger partial charge < -0.3 is 14.2 Å². The third kappa shape index (κ3) is 4.90. The van der Waals surface area contributed by atoms with E-state index in [0.717, 1.165) is 10.6 Å². The molecule has 0 unspecified atom stereocenters. The van der Waals surface area contributed by atoms with Gasteiger partial charge in [-0.05, 0) is 40.2 Å². The van der Waals surface area contributed by atoms with Gasteiger partial charge in [0.05, 0.1) is 19.3 Å². The van der Waals surface area contributed by atoms with Gasteiger partial charge in [-0.15, -0.1) is 11.3 Å². The van der Waals surface area contributed by atoms with Crippen LogP contribution >= 0.6 is 11.3 Å². The molecule has 0 bridgehead atoms. The van der Waals surface area contributed by atoms with Crippen molar-refractivity contribution in [3.05, 3.63) is 52.5 Å². The summed E-state index contributed by atoms with van der Waals surface area (Å²) in [7, 11) is 0. The van der Waals surface area contributed by atoms with Crippen molar-refractivity contribution in [2.75, 3.05) is 6.61 Å². The molecule has 2 heterocycles. The summed E-state index contributed by atoms with van der Waals surface area (Å²) in [6.45, 7) is 10.1. The Morgan fingerprint density at radius 1 is 1.36 bits per heavy atom. The van der Waals surface area contributed by atoms with Crippen LogP contribution in [0.2, 0.25) is 0 Å². The molecule has 1 amide bonds. The fourth-order valence-corrected chi connectivity index (χ4v) is 3.95. The molecule has 7 heteroatoms. The highest BCUT2D eigenvalue weighted by molar-refractivity contribution is 7.09. The van der Waals surface area contributed by atoms with Crippen molar-refractivity contribution in [3.63, 3.8) is 0 Å². The third-order valence-corrected chi connectivity index (χ3v) is 5.26. The van der Waals surface area contributed by atoms with E-state index < -0.39 is 23.5 Å². The minimum absolute atomic E-state index is 0.334. The molecule has 152 valence electrons. The van der Waals surface area contributed by atoms with E-state index in [-0.39, 0.29) is 6.04 Å². The first kappa shape index (κ1) is 20.8. The molecule has 2 atom stereocenters. The SMILES string of the molecule is CC(C)(C)OC(=O)N1[C@H]([C@H](OCc2ccccc2)c2nccs2)COC1(C)C. The Bertz CT molecular complexity index is 771. The molecule has 1 aromatic carbocycles. The van der Waals surface area contributed by atoms with Crippen LogP contribution in [0.5, 0.6) is 0 Å². The maximum atomic E-state index is 13.0. The zero-order valence-electron chi connectivity index (χ0n) is 17.0. The topological polar surface area (TPSA) is 60.9 Å². The van der Waals surface area contributed by atoms with Crippen LogP contribution in [-0.4, -0.2) is 40.0 Å². The number of amides is 1. The van der Waals surface area contributed by atoms with Gasteiger partial charge in [-0.3, -0.25) is 4.90 Å². The predicted molar refractivity (Wildman–Crippen MR) is 108 cm³/mol. The second-order valence-corrected chi connectivity index (χ2v) is 9.19. The molecule has 3 rings (SSSR count). The minimum atomic E-state index is -0.793. The van der Waals surface area contributed by atoms with Crippen molar-refractivity contribution in [3.8, 4) is 0 Å². The van der Waals surface area contributed by atoms with Gasteiger partial charge in [0.15, 0.2) is 0 Å². The molecule has 6 nitrogen and oxygen atoms in total. The molecule has 1 saturated heterocycles. The molecule has 1 aliphatic heterocycles. The fraction of sp³-hybridized carbons (Fsp3) is 0.524. The van der Waals surface area contributed by atoms with Gasteiger partial charge in [-0.25, -0.2) is 9.78 Å². The lowest BCUT2D eigenvalue weighted by Crippen LogP contribution is -2.51. The van der Waals surface area contributed by atoms with E-state index in [0.29, 0.717) is 13.2 Å². The molecular formula is C21H28N2O4S. The predicted octanol–water partition coefficient (Wildman–Crippen LogP) is 4.77. The first-order chi connectivity index (χ1) is 13.2. The van der Waals surface area contributed by atoms with Crippen LogP contribution in [0.3, 0.4) is 0 Å². The standard InChI is InChI=1S/C21H28N2O4S/c1-20(2,3)27-19(24)23-16(14-26-21(23,4)5)17(18-22-11-12-28-18)25-13-15-9-7-6-8-10-15/h6-12,16-17H,13-14H2,1-5H3/t16-,17-/m0/s1. The number of aromatic nitrogens is 1. The summed E-state index contributed by atoms with van der Waals surface area (Å²) in [5.41, 5.74) is -0.327. The number of ether oxygens (including phenoxy) is 3. The van der Waals surface area contributed by atoms with E-state index in [9.17, 15) is 4.79 Å². The highest BCUT2D eigenvalue weighted by Gasteiger charge is 2.50. The lowest BCUT2D eigenvalue weighted by molar-refractivity contribution is -0.0744. The first-order valence-corrected chi connectivity index (χ1v) is 10.3. The summed E-state index contributed by atoms with van der Waals surface area (Å²) in [4.78, 5) is 19.1. The lowest BCUT2D eigenvalue weighted by Gasteiger charge is -2.37. The number of benzene rings is 1. The average molecular weight is 405 g/mol. The molecule has 1 aliphatic rings. The fourth-order valence-electron chi connectivity index (χ4n) is 3.20. The smallest absolute Gasteiger partial charge is 0.413 e. The molecule has 0 radical (unpaired) electrons. The van der Waals surface area contributed by atoms with Crippen molar-refractivity contribution in [2.45, 2.75) is 64.7 Å². The van der Waals surface area contributed by atoms with Gasteiger partial charge in [-0.2, -0.15) is 0 Å². The Balaban J connectivity index is 1.86. The van der Waals surface area contributed by atoms with E-state index in [1.807, 2.05) is 70.3 Å². The van der Waals surface area contributed by atoms with Crippen molar-refractivity contribution in [1.29, 1.82) is 0 Å². The molecule has 28 heavy (non-hydrogen) atoms. The van der Waals surface area contributed by atoms with E-state index >= 15 is 0 Å². The van der Waals surface area contributed by atoms with Gasteiger partial charge in [-0.1, -0.05) is 30.3 Å². The van der Waals surface area contributed by atoms with E-state index in [1.54, 1.807) is 11.1 Å². The molecule has 0 spiro atoms. The summed E-state index contributed by atoms with van der Waals surface area (Å²) in [6, 6.07) is 9.62. The van der Waals surface area contributed by atoms with Gasteiger partial charge in [0.2, 0.25) is 0 Å². The van der Waals surface area contributed by atoms with Crippen LogP contribution in [0.15, 0.2) is 41.9 Å². The maximum Gasteiger partial charge on any atom is 0.413 e. The number of rotatable bonds is 5. The van der Waals surface area contributed by atoms with Crippen molar-refractivity contribution >= 4 is 17.4 Å². The lowest BCUT2D eigenvalue weighted by atomic mass is 10.1. The molecule has 0 N–H and O–H groups in total. The van der Waals surface area contributed by atoms with Gasteiger partial charge in [0.1, 0.15) is 22.4 Å². The molecular weight excluding hydrogens is 376 g/mol. The van der Waals surface area contributed by atoms with Gasteiger partial charge in [0, 0.05) is 11.6 Å². The molecule has 0 saturated carbocycles. The zero-order chi connectivity index (χ0) is 20.4. The Kier molecular flexibility index (Phi) is 6.07. The number of nitrogens with zero attached hydrogens (tertiary/aromatic N) is 2. The van der Waals surface area contributed by atoms with E-state index in [4.69, 9.17) is 14.2 Å². The molecule has 2 aromatic rings. The summed E-state index contributed by atoms with van der Waals surface area (Å²) in [5, 5.41) is 2.73. The second kappa shape index (κ2) is 8.19. The zero-order valence-corrected chi connectivity index (χ0v) is 17.9. The molecule has 1 aromatic heterocycles. The molecule has 1 fully saturated rings. The monoisotopic (exact) mass is 404 g/mol. The van der Waals surface area contributed by atoms with Crippen LogP contribution in [0.4, 0.5) is 4.79 Å². The van der Waals surface area contributed by atoms with Crippen LogP contribution in [0.1, 0.15) is 51.3 Å². The maximum absolute atomic E-state index is 13.0. The van der Waals surface area contributed by atoms with Crippen LogP contribution in [0, 0.1) is 0 Å². The minimum Gasteiger partial charge on any atom is -0.444 e. The Morgan fingerprint density at radius 3 is 2.68 bits per heavy atom. The van der Waals surface area contributed by atoms with Crippen LogP contribution in [-0.2, 0) is 20.8 Å². The Hall–Kier alpha value is -1.96. The molecule has 0 aliphatic carbocycles. The summed E-state index contributed by atoms with van der Waals surface area (Å²) >= 11 is 1.51. The van der Waals surface area contributed by atoms with Gasteiger partial charge in [0.25, 0.3) is 0 Å². The summed E-state index contributed by atoms with van der Waals surface area (Å²) in [5.74, 6) is 0. The van der Waals surface area contributed by atoms with Crippen molar-refractivity contribution in [2.24, 2.45) is 0 Å². The van der Waals surface area contributed by atoms with Gasteiger partial charge >= 0.3 is 6.09 Å². The second-order valence-electron chi connectivity index (χ2n) is 8.26. The number of carbonyl (C=O) groups excluding carboxylic acids is 1. The highest BCUT2D eigenvalue weighted by atomic mass is 32.1. The summed E-state index contributed by atoms with van der Waals surface area (Å²) in [6.07, 6.45) is 0.928. The number of hydrogen-bond acceptors (Lipinski definition) is 6. The van der Waals surface area contributed by atoms with Crippen LogP contribution in [0.25, 0.3) is 0 Å². The Morgan fingerprint density at radius 2 is 2.07 bits per heavy atom. The van der Waals surface area contributed by atoms with E-state index in [1.165, 1.54) is 11.3 Å².